The van der Waals surface area contributed by atoms with Crippen LogP contribution in [0.15, 0.2) is 60.7 Å². The number of carbonyl (C=O) groups is 1. The Kier molecular flexibility index (Phi) is 10.3. The Bertz CT molecular complexity index is 1150. The molecule has 1 N–H and O–H groups in total. The largest absolute Gasteiger partial charge is 1.00 e. The van der Waals surface area contributed by atoms with Gasteiger partial charge < -0.3 is 24.9 Å². The predicted octanol–water partition coefficient (Wildman–Crippen LogP) is 1.61. The summed E-state index contributed by atoms with van der Waals surface area (Å²) < 4.78 is 20.2. The van der Waals surface area contributed by atoms with Crippen molar-refractivity contribution in [2.45, 2.75) is 32.2 Å². The minimum atomic E-state index is -1.19. The maximum absolute atomic E-state index is 14.4. The number of nitrogens with one attached hydrogen (secondary N) is 1. The van der Waals surface area contributed by atoms with Crippen molar-refractivity contribution in [1.29, 1.82) is 0 Å². The molecular weight excluding hydrogens is 478 g/mol. The van der Waals surface area contributed by atoms with Gasteiger partial charge in [-0.1, -0.05) is 41.9 Å². The predicted molar refractivity (Wildman–Crippen MR) is 131 cm³/mol. The molecule has 8 heteroatoms. The van der Waals surface area contributed by atoms with Crippen molar-refractivity contribution < 1.29 is 48.6 Å². The van der Waals surface area contributed by atoms with Crippen molar-refractivity contribution in [3.8, 4) is 5.75 Å². The van der Waals surface area contributed by atoms with Crippen LogP contribution in [0.3, 0.4) is 0 Å². The summed E-state index contributed by atoms with van der Waals surface area (Å²) in [5.41, 5.74) is 4.38. The van der Waals surface area contributed by atoms with Gasteiger partial charge >= 0.3 is 29.6 Å². The van der Waals surface area contributed by atoms with Crippen molar-refractivity contribution >= 4 is 28.9 Å². The number of carboxylic acid groups (broad SMARTS) is 1. The van der Waals surface area contributed by atoms with Crippen LogP contribution in [-0.2, 0) is 24.2 Å². The number of nitrogens with zero attached hydrogens (tertiary/aromatic N) is 1. The fourth-order valence-corrected chi connectivity index (χ4v) is 4.60. The molecule has 0 unspecified atom stereocenters. The van der Waals surface area contributed by atoms with E-state index in [0.29, 0.717) is 24.4 Å². The van der Waals surface area contributed by atoms with Gasteiger partial charge in [-0.3, -0.25) is 0 Å². The van der Waals surface area contributed by atoms with Crippen LogP contribution in [0.25, 0.3) is 0 Å². The van der Waals surface area contributed by atoms with Crippen LogP contribution < -0.4 is 49.6 Å². The first-order valence-electron chi connectivity index (χ1n) is 11.5. The van der Waals surface area contributed by atoms with E-state index >= 15 is 0 Å². The van der Waals surface area contributed by atoms with E-state index in [2.05, 4.69) is 10.2 Å². The van der Waals surface area contributed by atoms with Crippen LogP contribution in [0.1, 0.15) is 29.5 Å². The van der Waals surface area contributed by atoms with Crippen LogP contribution in [0, 0.1) is 5.82 Å². The number of hydrogen-bond acceptors (Lipinski definition) is 5. The molecule has 4 rings (SSSR count). The second-order valence-corrected chi connectivity index (χ2v) is 8.72. The van der Waals surface area contributed by atoms with Crippen LogP contribution in [-0.4, -0.2) is 25.7 Å². The van der Waals surface area contributed by atoms with Crippen molar-refractivity contribution in [1.82, 2.24) is 0 Å². The van der Waals surface area contributed by atoms with E-state index in [1.165, 1.54) is 11.6 Å². The molecule has 0 bridgehead atoms. The SMILES string of the molecule is O=C([O-])CCc1ccc(NCc2ccc(Cl)c3c2CCCN3CCOc2ccccc2)cc1F.[Na+]. The van der Waals surface area contributed by atoms with Crippen LogP contribution >= 0.6 is 11.6 Å². The third-order valence-electron chi connectivity index (χ3n) is 6.01. The number of para-hydroxylation sites is 1. The minimum absolute atomic E-state index is 0. The molecule has 0 saturated heterocycles. The van der Waals surface area contributed by atoms with Crippen molar-refractivity contribution in [2.75, 3.05) is 29.9 Å². The molecule has 0 aliphatic carbocycles. The van der Waals surface area contributed by atoms with Crippen LogP contribution in [0.2, 0.25) is 5.02 Å². The molecule has 0 radical (unpaired) electrons. The summed E-state index contributed by atoms with van der Waals surface area (Å²) in [5, 5.41) is 14.6. The Morgan fingerprint density at radius 3 is 2.63 bits per heavy atom. The molecule has 178 valence electrons. The van der Waals surface area contributed by atoms with Gasteiger partial charge in [0.2, 0.25) is 0 Å². The number of aryl methyl sites for hydroxylation is 1. The fourth-order valence-electron chi connectivity index (χ4n) is 4.30. The molecule has 1 heterocycles. The van der Waals surface area contributed by atoms with Gasteiger partial charge in [-0.05, 0) is 72.7 Å². The van der Waals surface area contributed by atoms with Crippen LogP contribution in [0.5, 0.6) is 5.75 Å². The number of hydrogen-bond donors (Lipinski definition) is 1. The number of aliphatic carboxylic acids is 1. The molecule has 35 heavy (non-hydrogen) atoms. The number of carbonyl (C=O) groups excluding carboxylic acids is 1. The van der Waals surface area contributed by atoms with E-state index in [-0.39, 0.29) is 42.4 Å². The first kappa shape index (κ1) is 27.3. The standard InChI is InChI=1S/C27H28ClFN2O3.Na/c28-24-12-9-20(18-30-21-11-8-19(25(29)17-21)10-13-26(32)33)23-7-4-14-31(27(23)24)15-16-34-22-5-2-1-3-6-22;/h1-3,5-6,8-9,11-12,17,30H,4,7,10,13-16,18H2,(H,32,33);/q;+1/p-1. The molecule has 5 nitrogen and oxygen atoms in total. The van der Waals surface area contributed by atoms with Gasteiger partial charge in [0, 0.05) is 24.7 Å². The summed E-state index contributed by atoms with van der Waals surface area (Å²) in [6, 6.07) is 18.5. The van der Waals surface area contributed by atoms with E-state index in [1.807, 2.05) is 42.5 Å². The number of rotatable bonds is 10. The average Bonchev–Trinajstić information content (AvgIpc) is 2.84. The first-order chi connectivity index (χ1) is 16.5. The van der Waals surface area contributed by atoms with Crippen LogP contribution in [0.4, 0.5) is 15.8 Å². The summed E-state index contributed by atoms with van der Waals surface area (Å²) in [6.45, 7) is 2.74. The van der Waals surface area contributed by atoms with Crippen molar-refractivity contribution in [3.05, 3.63) is 88.2 Å². The quantitative estimate of drug-likeness (QED) is 0.425. The summed E-state index contributed by atoms with van der Waals surface area (Å²) in [4.78, 5) is 12.9. The van der Waals surface area contributed by atoms with Gasteiger partial charge in [0.1, 0.15) is 18.2 Å². The zero-order valence-electron chi connectivity index (χ0n) is 19.9. The van der Waals surface area contributed by atoms with Gasteiger partial charge in [0.15, 0.2) is 0 Å². The van der Waals surface area contributed by atoms with Gasteiger partial charge in [-0.2, -0.15) is 0 Å². The van der Waals surface area contributed by atoms with E-state index in [0.717, 1.165) is 48.0 Å². The molecule has 0 aromatic heterocycles. The molecule has 3 aromatic carbocycles. The molecule has 0 atom stereocenters. The maximum atomic E-state index is 14.4. The third-order valence-corrected chi connectivity index (χ3v) is 6.31. The Balaban J connectivity index is 0.00000342. The zero-order valence-corrected chi connectivity index (χ0v) is 22.6. The number of halogens is 2. The third kappa shape index (κ3) is 7.37. The second-order valence-electron chi connectivity index (χ2n) is 8.32. The molecule has 0 saturated carbocycles. The Hall–Kier alpha value is -2.25. The normalized spacial score (nSPS) is 12.5. The average molecular weight is 505 g/mol. The topological polar surface area (TPSA) is 64.6 Å². The number of anilines is 2. The maximum Gasteiger partial charge on any atom is 1.00 e. The first-order valence-corrected chi connectivity index (χ1v) is 11.8. The Labute approximate surface area is 232 Å². The van der Waals surface area contributed by atoms with Gasteiger partial charge in [-0.25, -0.2) is 4.39 Å². The van der Waals surface area contributed by atoms with E-state index < -0.39 is 11.8 Å². The smallest absolute Gasteiger partial charge is 0.550 e. The van der Waals surface area contributed by atoms with Gasteiger partial charge in [0.05, 0.1) is 17.3 Å². The number of carboxylic acids is 1. The Morgan fingerprint density at radius 2 is 1.89 bits per heavy atom. The van der Waals surface area contributed by atoms with E-state index in [1.54, 1.807) is 12.1 Å². The molecule has 3 aromatic rings. The summed E-state index contributed by atoms with van der Waals surface area (Å²) in [5.74, 6) is -0.759. The molecule has 0 spiro atoms. The molecule has 0 fully saturated rings. The summed E-state index contributed by atoms with van der Waals surface area (Å²) in [6.07, 6.45) is 1.86. The number of fused-ring (bicyclic) bond motifs is 1. The molecule has 1 aliphatic heterocycles. The number of ether oxygens (including phenoxy) is 1. The number of benzene rings is 3. The monoisotopic (exact) mass is 504 g/mol. The van der Waals surface area contributed by atoms with E-state index in [4.69, 9.17) is 16.3 Å². The van der Waals surface area contributed by atoms with Gasteiger partial charge in [0.25, 0.3) is 0 Å². The van der Waals surface area contributed by atoms with Crippen molar-refractivity contribution in [2.24, 2.45) is 0 Å². The van der Waals surface area contributed by atoms with E-state index in [9.17, 15) is 14.3 Å². The molecule has 0 amide bonds. The second kappa shape index (κ2) is 13.2. The summed E-state index contributed by atoms with van der Waals surface area (Å²) >= 11 is 6.61. The fraction of sp³-hybridized carbons (Fsp3) is 0.296. The minimum Gasteiger partial charge on any atom is -0.550 e. The Morgan fingerprint density at radius 1 is 1.11 bits per heavy atom. The van der Waals surface area contributed by atoms with Crippen molar-refractivity contribution in [3.63, 3.8) is 0 Å². The van der Waals surface area contributed by atoms with Gasteiger partial charge in [-0.15, -0.1) is 0 Å². The zero-order chi connectivity index (χ0) is 23.9. The molecular formula is C27H27ClFN2NaO3. The summed E-state index contributed by atoms with van der Waals surface area (Å²) in [7, 11) is 0. The molecule has 1 aliphatic rings.